The van der Waals surface area contributed by atoms with Gasteiger partial charge in [-0.3, -0.25) is 4.79 Å². The van der Waals surface area contributed by atoms with Gasteiger partial charge in [0, 0.05) is 31.7 Å². The van der Waals surface area contributed by atoms with E-state index >= 15 is 0 Å². The lowest BCUT2D eigenvalue weighted by atomic mass is 10.1. The standard InChI is InChI=1S/C20H21F3N6O2/c1-31-15-6-3-2-5-14(15)13-18(30)28-10-4-9-27(11-12-28)17-8-7-16-24-25-19(20(21,22)23)29(16)26-17/h2-3,5-8H,4,9-13H2,1H3. The Bertz CT molecular complexity index is 1080. The minimum atomic E-state index is -4.65. The molecule has 0 atom stereocenters. The van der Waals surface area contributed by atoms with E-state index < -0.39 is 12.0 Å². The Kier molecular flexibility index (Phi) is 5.66. The Hall–Kier alpha value is -3.37. The third-order valence-electron chi connectivity index (χ3n) is 5.21. The molecule has 2 aromatic heterocycles. The lowest BCUT2D eigenvalue weighted by Gasteiger charge is -2.23. The summed E-state index contributed by atoms with van der Waals surface area (Å²) in [5, 5.41) is 10.8. The molecule has 3 aromatic rings. The van der Waals surface area contributed by atoms with Crippen molar-refractivity contribution >= 4 is 17.4 Å². The molecule has 0 spiro atoms. The van der Waals surface area contributed by atoms with Crippen LogP contribution in [0.4, 0.5) is 19.0 Å². The van der Waals surface area contributed by atoms with E-state index in [0.29, 0.717) is 48.7 Å². The van der Waals surface area contributed by atoms with Gasteiger partial charge in [0.25, 0.3) is 5.82 Å². The van der Waals surface area contributed by atoms with Crippen LogP contribution in [-0.2, 0) is 17.4 Å². The molecular weight excluding hydrogens is 413 g/mol. The summed E-state index contributed by atoms with van der Waals surface area (Å²) in [5.41, 5.74) is 0.843. The van der Waals surface area contributed by atoms with E-state index in [2.05, 4.69) is 15.3 Å². The maximum atomic E-state index is 13.1. The second-order valence-electron chi connectivity index (χ2n) is 7.19. The lowest BCUT2D eigenvalue weighted by molar-refractivity contribution is -0.146. The van der Waals surface area contributed by atoms with Gasteiger partial charge in [0.1, 0.15) is 11.6 Å². The average Bonchev–Trinajstić information content (AvgIpc) is 3.03. The van der Waals surface area contributed by atoms with Crippen molar-refractivity contribution in [2.45, 2.75) is 19.0 Å². The summed E-state index contributed by atoms with van der Waals surface area (Å²) in [6.07, 6.45) is -3.75. The number of hydrogen-bond donors (Lipinski definition) is 0. The molecular formula is C20H21F3N6O2. The van der Waals surface area contributed by atoms with Gasteiger partial charge in [0.05, 0.1) is 13.5 Å². The molecule has 1 fully saturated rings. The van der Waals surface area contributed by atoms with Crippen LogP contribution in [0.15, 0.2) is 36.4 Å². The molecule has 164 valence electrons. The van der Waals surface area contributed by atoms with E-state index in [0.717, 1.165) is 5.56 Å². The number of benzene rings is 1. The second kappa shape index (κ2) is 8.40. The molecule has 1 aliphatic rings. The molecule has 11 heteroatoms. The van der Waals surface area contributed by atoms with E-state index in [-0.39, 0.29) is 18.0 Å². The molecule has 0 aliphatic carbocycles. The van der Waals surface area contributed by atoms with Gasteiger partial charge in [-0.2, -0.15) is 17.7 Å². The summed E-state index contributed by atoms with van der Waals surface area (Å²) >= 11 is 0. The van der Waals surface area contributed by atoms with Gasteiger partial charge in [-0.25, -0.2) is 0 Å². The number of hydrogen-bond acceptors (Lipinski definition) is 6. The van der Waals surface area contributed by atoms with Gasteiger partial charge >= 0.3 is 6.18 Å². The highest BCUT2D eigenvalue weighted by atomic mass is 19.4. The van der Waals surface area contributed by atoms with E-state index in [1.165, 1.54) is 6.07 Å². The molecule has 4 rings (SSSR count). The maximum absolute atomic E-state index is 13.1. The van der Waals surface area contributed by atoms with Crippen LogP contribution in [0.3, 0.4) is 0 Å². The number of amides is 1. The highest BCUT2D eigenvalue weighted by molar-refractivity contribution is 5.79. The summed E-state index contributed by atoms with van der Waals surface area (Å²) in [6.45, 7) is 2.04. The monoisotopic (exact) mass is 434 g/mol. The zero-order chi connectivity index (χ0) is 22.0. The number of fused-ring (bicyclic) bond motifs is 1. The van der Waals surface area contributed by atoms with Crippen molar-refractivity contribution in [1.29, 1.82) is 0 Å². The first-order valence-electron chi connectivity index (χ1n) is 9.81. The lowest BCUT2D eigenvalue weighted by Crippen LogP contribution is -2.36. The summed E-state index contributed by atoms with van der Waals surface area (Å²) in [4.78, 5) is 16.5. The van der Waals surface area contributed by atoms with Crippen molar-refractivity contribution in [3.8, 4) is 5.75 Å². The predicted octanol–water partition coefficient (Wildman–Crippen LogP) is 2.43. The van der Waals surface area contributed by atoms with E-state index in [9.17, 15) is 18.0 Å². The van der Waals surface area contributed by atoms with Gasteiger partial charge < -0.3 is 14.5 Å². The Labute approximate surface area is 176 Å². The van der Waals surface area contributed by atoms with E-state index in [4.69, 9.17) is 4.74 Å². The zero-order valence-electron chi connectivity index (χ0n) is 16.8. The summed E-state index contributed by atoms with van der Waals surface area (Å²) < 4.78 is 45.4. The van der Waals surface area contributed by atoms with Gasteiger partial charge in [-0.15, -0.1) is 15.3 Å². The molecule has 0 saturated carbocycles. The first-order valence-corrected chi connectivity index (χ1v) is 9.81. The first-order chi connectivity index (χ1) is 14.9. The number of carbonyl (C=O) groups is 1. The molecule has 1 aromatic carbocycles. The van der Waals surface area contributed by atoms with Crippen LogP contribution in [0.5, 0.6) is 5.75 Å². The fourth-order valence-corrected chi connectivity index (χ4v) is 3.64. The molecule has 31 heavy (non-hydrogen) atoms. The Morgan fingerprint density at radius 1 is 1.06 bits per heavy atom. The SMILES string of the molecule is COc1ccccc1CC(=O)N1CCCN(c2ccc3nnc(C(F)(F)F)n3n2)CC1. The van der Waals surface area contributed by atoms with Crippen LogP contribution in [0.25, 0.3) is 5.65 Å². The van der Waals surface area contributed by atoms with Crippen molar-refractivity contribution in [3.05, 3.63) is 47.8 Å². The fourth-order valence-electron chi connectivity index (χ4n) is 3.64. The molecule has 0 unspecified atom stereocenters. The van der Waals surface area contributed by atoms with Crippen molar-refractivity contribution in [3.63, 3.8) is 0 Å². The average molecular weight is 434 g/mol. The predicted molar refractivity (Wildman–Crippen MR) is 106 cm³/mol. The third-order valence-corrected chi connectivity index (χ3v) is 5.21. The molecule has 1 saturated heterocycles. The molecule has 3 heterocycles. The van der Waals surface area contributed by atoms with Crippen molar-refractivity contribution in [1.82, 2.24) is 24.7 Å². The number of carbonyl (C=O) groups excluding carboxylic acids is 1. The van der Waals surface area contributed by atoms with Crippen LogP contribution >= 0.6 is 0 Å². The number of halogens is 3. The smallest absolute Gasteiger partial charge is 0.453 e. The number of rotatable bonds is 4. The number of methoxy groups -OCH3 is 1. The van der Waals surface area contributed by atoms with Crippen LogP contribution in [0, 0.1) is 0 Å². The molecule has 0 N–H and O–H groups in total. The molecule has 8 nitrogen and oxygen atoms in total. The van der Waals surface area contributed by atoms with Crippen LogP contribution in [-0.4, -0.2) is 63.9 Å². The zero-order valence-corrected chi connectivity index (χ0v) is 16.8. The van der Waals surface area contributed by atoms with E-state index in [1.807, 2.05) is 29.2 Å². The summed E-state index contributed by atoms with van der Waals surface area (Å²) in [5.74, 6) is -0.128. The number of alkyl halides is 3. The highest BCUT2D eigenvalue weighted by Gasteiger charge is 2.37. The van der Waals surface area contributed by atoms with Gasteiger partial charge in [0.15, 0.2) is 5.65 Å². The number of aromatic nitrogens is 4. The second-order valence-corrected chi connectivity index (χ2v) is 7.19. The van der Waals surface area contributed by atoms with E-state index in [1.54, 1.807) is 18.1 Å². The third kappa shape index (κ3) is 4.39. The number of nitrogens with zero attached hydrogens (tertiary/aromatic N) is 6. The van der Waals surface area contributed by atoms with Crippen LogP contribution in [0.1, 0.15) is 17.8 Å². The van der Waals surface area contributed by atoms with Gasteiger partial charge in [0.2, 0.25) is 5.91 Å². The maximum Gasteiger partial charge on any atom is 0.453 e. The largest absolute Gasteiger partial charge is 0.496 e. The van der Waals surface area contributed by atoms with Crippen LogP contribution in [0.2, 0.25) is 0 Å². The van der Waals surface area contributed by atoms with Gasteiger partial charge in [-0.05, 0) is 24.6 Å². The Morgan fingerprint density at radius 2 is 1.87 bits per heavy atom. The summed E-state index contributed by atoms with van der Waals surface area (Å²) in [7, 11) is 1.57. The Balaban J connectivity index is 1.47. The number of para-hydroxylation sites is 1. The normalized spacial score (nSPS) is 15.2. The van der Waals surface area contributed by atoms with Crippen LogP contribution < -0.4 is 9.64 Å². The Morgan fingerprint density at radius 3 is 2.65 bits per heavy atom. The van der Waals surface area contributed by atoms with Gasteiger partial charge in [-0.1, -0.05) is 18.2 Å². The minimum absolute atomic E-state index is 0.0204. The molecule has 1 aliphatic heterocycles. The summed E-state index contributed by atoms with van der Waals surface area (Å²) in [6, 6.07) is 10.5. The first kappa shape index (κ1) is 20.9. The quantitative estimate of drug-likeness (QED) is 0.628. The topological polar surface area (TPSA) is 75.9 Å². The fraction of sp³-hybridized carbons (Fsp3) is 0.400. The number of anilines is 1. The highest BCUT2D eigenvalue weighted by Crippen LogP contribution is 2.28. The minimum Gasteiger partial charge on any atom is -0.496 e. The molecule has 0 bridgehead atoms. The van der Waals surface area contributed by atoms with Crippen molar-refractivity contribution < 1.29 is 22.7 Å². The number of ether oxygens (including phenoxy) is 1. The van der Waals surface area contributed by atoms with Crippen molar-refractivity contribution in [2.75, 3.05) is 38.2 Å². The van der Waals surface area contributed by atoms with Crippen molar-refractivity contribution in [2.24, 2.45) is 0 Å². The molecule has 1 amide bonds. The molecule has 0 radical (unpaired) electrons.